The van der Waals surface area contributed by atoms with E-state index in [0.29, 0.717) is 11.3 Å². The Morgan fingerprint density at radius 1 is 1.18 bits per heavy atom. The molecule has 0 aliphatic carbocycles. The number of pyridine rings is 1. The summed E-state index contributed by atoms with van der Waals surface area (Å²) in [7, 11) is 0. The first-order valence-corrected chi connectivity index (χ1v) is 6.55. The first-order chi connectivity index (χ1) is 8.15. The van der Waals surface area contributed by atoms with Crippen molar-refractivity contribution in [1.82, 2.24) is 4.98 Å². The molecule has 17 heavy (non-hydrogen) atoms. The summed E-state index contributed by atoms with van der Waals surface area (Å²) in [6.07, 6.45) is 0. The van der Waals surface area contributed by atoms with Gasteiger partial charge in [-0.3, -0.25) is 0 Å². The maximum atomic E-state index is 9.13. The first-order valence-electron chi connectivity index (χ1n) is 4.96. The number of hydrogen-bond acceptors (Lipinski definition) is 2. The van der Waals surface area contributed by atoms with Gasteiger partial charge in [-0.05, 0) is 44.3 Å². The van der Waals surface area contributed by atoms with Gasteiger partial charge < -0.3 is 0 Å². The van der Waals surface area contributed by atoms with Crippen LogP contribution in [0.5, 0.6) is 0 Å². The molecule has 0 unspecified atom stereocenters. The number of nitrogens with zero attached hydrogens (tertiary/aromatic N) is 2. The molecular formula is C13H8Br2N2. The summed E-state index contributed by atoms with van der Waals surface area (Å²) in [6.45, 7) is 1.82. The molecule has 0 aliphatic heterocycles. The zero-order chi connectivity index (χ0) is 12.4. The van der Waals surface area contributed by atoms with Crippen LogP contribution in [0.3, 0.4) is 0 Å². The molecule has 0 N–H and O–H groups in total. The van der Waals surface area contributed by atoms with Crippen LogP contribution in [0.15, 0.2) is 39.4 Å². The van der Waals surface area contributed by atoms with Crippen molar-refractivity contribution in [1.29, 1.82) is 5.26 Å². The summed E-state index contributed by atoms with van der Waals surface area (Å²) in [4.78, 5) is 4.35. The summed E-state index contributed by atoms with van der Waals surface area (Å²) in [6, 6.07) is 12.0. The smallest absolute Gasteiger partial charge is 0.115 e. The van der Waals surface area contributed by atoms with Crippen LogP contribution >= 0.6 is 31.9 Å². The molecule has 0 bridgehead atoms. The van der Waals surface area contributed by atoms with E-state index in [-0.39, 0.29) is 0 Å². The molecule has 0 fully saturated rings. The van der Waals surface area contributed by atoms with Crippen LogP contribution < -0.4 is 0 Å². The summed E-state index contributed by atoms with van der Waals surface area (Å²) in [5.41, 5.74) is 3.22. The van der Waals surface area contributed by atoms with Gasteiger partial charge in [-0.25, -0.2) is 4.98 Å². The SMILES string of the molecule is Cc1nc(Br)c(-c2ccccc2)c(Br)c1C#N. The maximum Gasteiger partial charge on any atom is 0.115 e. The molecule has 2 rings (SSSR count). The average Bonchev–Trinajstić information content (AvgIpc) is 2.30. The highest BCUT2D eigenvalue weighted by atomic mass is 79.9. The molecule has 2 aromatic rings. The zero-order valence-corrected chi connectivity index (χ0v) is 12.2. The molecule has 0 saturated carbocycles. The van der Waals surface area contributed by atoms with E-state index in [1.165, 1.54) is 0 Å². The van der Waals surface area contributed by atoms with Crippen LogP contribution in [0.4, 0.5) is 0 Å². The normalized spacial score (nSPS) is 10.0. The Bertz CT molecular complexity index is 601. The number of halogens is 2. The highest BCUT2D eigenvalue weighted by Gasteiger charge is 2.15. The number of aromatic nitrogens is 1. The summed E-state index contributed by atoms with van der Waals surface area (Å²) in [5, 5.41) is 9.13. The minimum absolute atomic E-state index is 0.576. The Morgan fingerprint density at radius 3 is 2.41 bits per heavy atom. The zero-order valence-electron chi connectivity index (χ0n) is 9.04. The standard InChI is InChI=1S/C13H8Br2N2/c1-8-10(7-16)12(14)11(13(15)17-8)9-5-3-2-4-6-9/h2-6H,1H3. The van der Waals surface area contributed by atoms with Gasteiger partial charge in [0.05, 0.1) is 11.3 Å². The Balaban J connectivity index is 2.76. The van der Waals surface area contributed by atoms with Crippen molar-refractivity contribution in [3.63, 3.8) is 0 Å². The molecule has 1 heterocycles. The van der Waals surface area contributed by atoms with Gasteiger partial charge in [0, 0.05) is 10.0 Å². The molecule has 1 aromatic heterocycles. The van der Waals surface area contributed by atoms with Crippen LogP contribution in [0.2, 0.25) is 0 Å². The molecule has 2 nitrogen and oxygen atoms in total. The topological polar surface area (TPSA) is 36.7 Å². The number of benzene rings is 1. The lowest BCUT2D eigenvalue weighted by Crippen LogP contribution is -1.95. The summed E-state index contributed by atoms with van der Waals surface area (Å²) in [5.74, 6) is 0. The van der Waals surface area contributed by atoms with Gasteiger partial charge in [0.25, 0.3) is 0 Å². The molecule has 0 aliphatic rings. The third kappa shape index (κ3) is 2.26. The van der Waals surface area contributed by atoms with E-state index in [2.05, 4.69) is 42.9 Å². The first kappa shape index (κ1) is 12.3. The van der Waals surface area contributed by atoms with Crippen molar-refractivity contribution in [3.05, 3.63) is 50.7 Å². The van der Waals surface area contributed by atoms with Crippen molar-refractivity contribution in [2.24, 2.45) is 0 Å². The Kier molecular flexibility index (Phi) is 3.60. The van der Waals surface area contributed by atoms with E-state index in [0.717, 1.165) is 20.2 Å². The number of rotatable bonds is 1. The van der Waals surface area contributed by atoms with Crippen LogP contribution in [-0.2, 0) is 0 Å². The van der Waals surface area contributed by atoms with Gasteiger partial charge in [-0.2, -0.15) is 5.26 Å². The second kappa shape index (κ2) is 4.99. The van der Waals surface area contributed by atoms with E-state index in [1.807, 2.05) is 37.3 Å². The third-order valence-corrected chi connectivity index (χ3v) is 3.81. The molecule has 0 radical (unpaired) electrons. The minimum Gasteiger partial charge on any atom is -0.244 e. The van der Waals surface area contributed by atoms with Gasteiger partial charge in [0.15, 0.2) is 0 Å². The highest BCUT2D eigenvalue weighted by molar-refractivity contribution is 9.11. The second-order valence-electron chi connectivity index (χ2n) is 3.53. The van der Waals surface area contributed by atoms with Crippen LogP contribution in [0.1, 0.15) is 11.3 Å². The predicted octanol–water partition coefficient (Wildman–Crippen LogP) is 4.45. The Labute approximate surface area is 117 Å². The molecule has 0 saturated heterocycles. The lowest BCUT2D eigenvalue weighted by Gasteiger charge is -2.10. The Morgan fingerprint density at radius 2 is 1.82 bits per heavy atom. The van der Waals surface area contributed by atoms with Crippen LogP contribution in [-0.4, -0.2) is 4.98 Å². The minimum atomic E-state index is 0.576. The fraction of sp³-hybridized carbons (Fsp3) is 0.0769. The maximum absolute atomic E-state index is 9.13. The van der Waals surface area contributed by atoms with Crippen molar-refractivity contribution >= 4 is 31.9 Å². The quantitative estimate of drug-likeness (QED) is 0.711. The summed E-state index contributed by atoms with van der Waals surface area (Å²) < 4.78 is 1.53. The van der Waals surface area contributed by atoms with Crippen molar-refractivity contribution < 1.29 is 0 Å². The largest absolute Gasteiger partial charge is 0.244 e. The van der Waals surface area contributed by atoms with Gasteiger partial charge >= 0.3 is 0 Å². The lowest BCUT2D eigenvalue weighted by molar-refractivity contribution is 1.14. The predicted molar refractivity (Wildman–Crippen MR) is 74.5 cm³/mol. The van der Waals surface area contributed by atoms with E-state index in [4.69, 9.17) is 5.26 Å². The molecule has 0 spiro atoms. The number of nitriles is 1. The van der Waals surface area contributed by atoms with E-state index in [1.54, 1.807) is 0 Å². The average molecular weight is 352 g/mol. The highest BCUT2D eigenvalue weighted by Crippen LogP contribution is 2.36. The molecule has 0 atom stereocenters. The fourth-order valence-corrected chi connectivity index (χ4v) is 3.37. The molecule has 0 amide bonds. The van der Waals surface area contributed by atoms with E-state index >= 15 is 0 Å². The van der Waals surface area contributed by atoms with Crippen molar-refractivity contribution in [3.8, 4) is 17.2 Å². The lowest BCUT2D eigenvalue weighted by atomic mass is 10.1. The number of hydrogen-bond donors (Lipinski definition) is 0. The Hall–Kier alpha value is -1.18. The van der Waals surface area contributed by atoms with Gasteiger partial charge in [-0.15, -0.1) is 0 Å². The van der Waals surface area contributed by atoms with Crippen molar-refractivity contribution in [2.75, 3.05) is 0 Å². The summed E-state index contributed by atoms with van der Waals surface area (Å²) >= 11 is 6.93. The second-order valence-corrected chi connectivity index (χ2v) is 5.07. The molecule has 4 heteroatoms. The van der Waals surface area contributed by atoms with Crippen LogP contribution in [0, 0.1) is 18.3 Å². The van der Waals surface area contributed by atoms with E-state index < -0.39 is 0 Å². The third-order valence-electron chi connectivity index (χ3n) is 2.45. The molecule has 1 aromatic carbocycles. The molecule has 84 valence electrons. The van der Waals surface area contributed by atoms with Gasteiger partial charge in [-0.1, -0.05) is 30.3 Å². The number of aryl methyl sites for hydroxylation is 1. The van der Waals surface area contributed by atoms with E-state index in [9.17, 15) is 0 Å². The van der Waals surface area contributed by atoms with Crippen molar-refractivity contribution in [2.45, 2.75) is 6.92 Å². The fourth-order valence-electron chi connectivity index (χ4n) is 1.61. The monoisotopic (exact) mass is 350 g/mol. The van der Waals surface area contributed by atoms with Gasteiger partial charge in [0.2, 0.25) is 0 Å². The van der Waals surface area contributed by atoms with Crippen LogP contribution in [0.25, 0.3) is 11.1 Å². The molecular weight excluding hydrogens is 344 g/mol. The van der Waals surface area contributed by atoms with Gasteiger partial charge in [0.1, 0.15) is 10.7 Å².